The van der Waals surface area contributed by atoms with E-state index in [9.17, 15) is 4.79 Å². The number of likely N-dealkylation sites (N-methyl/N-ethyl adjacent to an activating group) is 1. The average molecular weight is 240 g/mol. The van der Waals surface area contributed by atoms with Gasteiger partial charge >= 0.3 is 0 Å². The number of terminal acetylenes is 1. The van der Waals surface area contributed by atoms with Crippen LogP contribution in [0.1, 0.15) is 5.56 Å². The molecule has 0 aliphatic heterocycles. The summed E-state index contributed by atoms with van der Waals surface area (Å²) < 4.78 is 5.21. The molecule has 4 heteroatoms. The first-order valence-corrected chi connectivity index (χ1v) is 5.21. The topological polar surface area (TPSA) is 62.1 Å². The van der Waals surface area contributed by atoms with Gasteiger partial charge in [-0.25, -0.2) is 0 Å². The third kappa shape index (κ3) is 3.70. The van der Waals surface area contributed by atoms with Crippen molar-refractivity contribution in [1.82, 2.24) is 5.32 Å². The fraction of sp³-hybridized carbons (Fsp3) is 0.143. The number of benzene rings is 1. The van der Waals surface area contributed by atoms with E-state index in [1.54, 1.807) is 24.3 Å². The first kappa shape index (κ1) is 13.3. The number of nitrogens with zero attached hydrogens (tertiary/aromatic N) is 1. The zero-order chi connectivity index (χ0) is 13.4. The predicted molar refractivity (Wildman–Crippen MR) is 68.4 cm³/mol. The lowest BCUT2D eigenvalue weighted by atomic mass is 10.1. The second kappa shape index (κ2) is 6.78. The number of hydrogen-bond donors (Lipinski definition) is 1. The number of hydrogen-bond acceptors (Lipinski definition) is 3. The van der Waals surface area contributed by atoms with Crippen LogP contribution in [-0.4, -0.2) is 19.6 Å². The number of nitriles is 1. The van der Waals surface area contributed by atoms with E-state index in [-0.39, 0.29) is 12.2 Å². The Bertz CT molecular complexity index is 530. The molecule has 1 rings (SSSR count). The lowest BCUT2D eigenvalue weighted by Crippen LogP contribution is -2.19. The van der Waals surface area contributed by atoms with Gasteiger partial charge in [0, 0.05) is 7.05 Å². The van der Waals surface area contributed by atoms with E-state index in [2.05, 4.69) is 11.2 Å². The fourth-order valence-corrected chi connectivity index (χ4v) is 1.24. The largest absolute Gasteiger partial charge is 0.481 e. The van der Waals surface area contributed by atoms with Crippen molar-refractivity contribution in [2.75, 3.05) is 13.7 Å². The van der Waals surface area contributed by atoms with Crippen LogP contribution >= 0.6 is 0 Å². The summed E-state index contributed by atoms with van der Waals surface area (Å²) in [5.41, 5.74) is 0.790. The molecule has 0 aliphatic carbocycles. The van der Waals surface area contributed by atoms with Crippen molar-refractivity contribution in [2.45, 2.75) is 0 Å². The molecule has 90 valence electrons. The lowest BCUT2D eigenvalue weighted by Gasteiger charge is -2.02. The van der Waals surface area contributed by atoms with Gasteiger partial charge in [0.15, 0.2) is 0 Å². The summed E-state index contributed by atoms with van der Waals surface area (Å²) in [5, 5.41) is 11.2. The van der Waals surface area contributed by atoms with Gasteiger partial charge < -0.3 is 10.1 Å². The minimum absolute atomic E-state index is 0.0507. The van der Waals surface area contributed by atoms with Crippen molar-refractivity contribution in [2.24, 2.45) is 0 Å². The number of nitrogens with one attached hydrogen (secondary N) is 1. The molecule has 18 heavy (non-hydrogen) atoms. The van der Waals surface area contributed by atoms with Crippen molar-refractivity contribution in [3.8, 4) is 24.2 Å². The van der Waals surface area contributed by atoms with Crippen molar-refractivity contribution in [1.29, 1.82) is 5.26 Å². The fourth-order valence-electron chi connectivity index (χ4n) is 1.24. The van der Waals surface area contributed by atoms with E-state index >= 15 is 0 Å². The Kier molecular flexibility index (Phi) is 5.02. The molecule has 0 radical (unpaired) electrons. The van der Waals surface area contributed by atoms with Crippen LogP contribution in [0, 0.1) is 23.7 Å². The van der Waals surface area contributed by atoms with Crippen LogP contribution in [0.4, 0.5) is 0 Å². The van der Waals surface area contributed by atoms with Crippen LogP contribution in [0.5, 0.6) is 5.75 Å². The number of carbonyl (C=O) groups excluding carboxylic acids is 1. The summed E-state index contributed by atoms with van der Waals surface area (Å²) in [4.78, 5) is 11.3. The van der Waals surface area contributed by atoms with Gasteiger partial charge in [-0.15, -0.1) is 6.42 Å². The average Bonchev–Trinajstić information content (AvgIpc) is 2.43. The molecule has 0 atom stereocenters. The van der Waals surface area contributed by atoms with Crippen LogP contribution in [0.15, 0.2) is 29.8 Å². The van der Waals surface area contributed by atoms with Crippen LogP contribution in [0.25, 0.3) is 6.08 Å². The predicted octanol–water partition coefficient (Wildman–Crippen LogP) is 1.35. The number of carbonyl (C=O) groups is 1. The molecule has 0 aliphatic rings. The molecule has 0 unspecified atom stereocenters. The Hall–Kier alpha value is -2.72. The van der Waals surface area contributed by atoms with Gasteiger partial charge in [-0.2, -0.15) is 5.26 Å². The Morgan fingerprint density at radius 3 is 2.67 bits per heavy atom. The number of amides is 1. The van der Waals surface area contributed by atoms with Crippen molar-refractivity contribution < 1.29 is 9.53 Å². The molecular weight excluding hydrogens is 228 g/mol. The van der Waals surface area contributed by atoms with E-state index < -0.39 is 5.91 Å². The molecule has 0 saturated carbocycles. The Morgan fingerprint density at radius 1 is 1.50 bits per heavy atom. The van der Waals surface area contributed by atoms with Gasteiger partial charge in [0.05, 0.1) is 0 Å². The highest BCUT2D eigenvalue weighted by Crippen LogP contribution is 2.14. The minimum Gasteiger partial charge on any atom is -0.481 e. The molecule has 0 fully saturated rings. The Balaban J connectivity index is 2.86. The molecule has 0 aromatic heterocycles. The van der Waals surface area contributed by atoms with E-state index in [4.69, 9.17) is 16.4 Å². The molecule has 1 aromatic carbocycles. The smallest absolute Gasteiger partial charge is 0.261 e. The summed E-state index contributed by atoms with van der Waals surface area (Å²) in [7, 11) is 1.48. The number of rotatable bonds is 4. The normalized spacial score (nSPS) is 10.1. The summed E-state index contributed by atoms with van der Waals surface area (Å²) >= 11 is 0. The third-order valence-electron chi connectivity index (χ3n) is 2.11. The van der Waals surface area contributed by atoms with Crippen molar-refractivity contribution in [3.05, 3.63) is 35.4 Å². The van der Waals surface area contributed by atoms with Crippen LogP contribution < -0.4 is 10.1 Å². The molecule has 4 nitrogen and oxygen atoms in total. The Morgan fingerprint density at radius 2 is 2.17 bits per heavy atom. The molecule has 1 aromatic rings. The number of ether oxygens (including phenoxy) is 1. The summed E-state index contributed by atoms with van der Waals surface area (Å²) in [5.74, 6) is 2.59. The monoisotopic (exact) mass is 240 g/mol. The van der Waals surface area contributed by atoms with Crippen LogP contribution in [0.3, 0.4) is 0 Å². The lowest BCUT2D eigenvalue weighted by molar-refractivity contribution is -0.116. The SMILES string of the molecule is C#CCOc1ccc(/C=C(/C#N)C(=O)NC)cc1. The molecule has 0 bridgehead atoms. The van der Waals surface area contributed by atoms with E-state index in [0.717, 1.165) is 5.56 Å². The van der Waals surface area contributed by atoms with Gasteiger partial charge in [-0.3, -0.25) is 4.79 Å². The van der Waals surface area contributed by atoms with Crippen LogP contribution in [0.2, 0.25) is 0 Å². The maximum absolute atomic E-state index is 11.3. The van der Waals surface area contributed by atoms with Crippen molar-refractivity contribution >= 4 is 12.0 Å². The van der Waals surface area contributed by atoms with Gasteiger partial charge in [-0.1, -0.05) is 18.1 Å². The quantitative estimate of drug-likeness (QED) is 0.491. The summed E-state index contributed by atoms with van der Waals surface area (Å²) in [6.07, 6.45) is 6.58. The first-order chi connectivity index (χ1) is 8.71. The van der Waals surface area contributed by atoms with E-state index in [1.807, 2.05) is 6.07 Å². The zero-order valence-corrected chi connectivity index (χ0v) is 9.93. The third-order valence-corrected chi connectivity index (χ3v) is 2.11. The highest BCUT2D eigenvalue weighted by atomic mass is 16.5. The summed E-state index contributed by atoms with van der Waals surface area (Å²) in [6.45, 7) is 0.205. The zero-order valence-electron chi connectivity index (χ0n) is 9.93. The van der Waals surface area contributed by atoms with Gasteiger partial charge in [0.2, 0.25) is 0 Å². The highest BCUT2D eigenvalue weighted by molar-refractivity contribution is 6.01. The van der Waals surface area contributed by atoms with E-state index in [1.165, 1.54) is 13.1 Å². The second-order valence-electron chi connectivity index (χ2n) is 3.31. The molecule has 0 saturated heterocycles. The van der Waals surface area contributed by atoms with Crippen molar-refractivity contribution in [3.63, 3.8) is 0 Å². The standard InChI is InChI=1S/C14H12N2O2/c1-3-8-18-13-6-4-11(5-7-13)9-12(10-15)14(17)16-2/h1,4-7,9H,8H2,2H3,(H,16,17)/b12-9-. The Labute approximate surface area is 106 Å². The van der Waals surface area contributed by atoms with Gasteiger partial charge in [-0.05, 0) is 23.8 Å². The molecule has 1 N–H and O–H groups in total. The summed E-state index contributed by atoms with van der Waals surface area (Å²) in [6, 6.07) is 8.77. The molecule has 0 heterocycles. The van der Waals surface area contributed by atoms with Gasteiger partial charge in [0.1, 0.15) is 24.0 Å². The minimum atomic E-state index is -0.412. The second-order valence-corrected chi connectivity index (χ2v) is 3.31. The van der Waals surface area contributed by atoms with Crippen LogP contribution in [-0.2, 0) is 4.79 Å². The molecule has 0 spiro atoms. The first-order valence-electron chi connectivity index (χ1n) is 5.21. The maximum atomic E-state index is 11.3. The molecular formula is C14H12N2O2. The molecule has 1 amide bonds. The maximum Gasteiger partial charge on any atom is 0.261 e. The highest BCUT2D eigenvalue weighted by Gasteiger charge is 2.05. The van der Waals surface area contributed by atoms with E-state index in [0.29, 0.717) is 5.75 Å². The van der Waals surface area contributed by atoms with Gasteiger partial charge in [0.25, 0.3) is 5.91 Å².